The molecule has 4 N–H and O–H groups in total. The summed E-state index contributed by atoms with van der Waals surface area (Å²) in [5.41, 5.74) is 5.62. The minimum atomic E-state index is -1.09. The highest BCUT2D eigenvalue weighted by molar-refractivity contribution is 6.01. The summed E-state index contributed by atoms with van der Waals surface area (Å²) in [4.78, 5) is 23.4. The van der Waals surface area contributed by atoms with Gasteiger partial charge in [-0.05, 0) is 17.5 Å². The fourth-order valence-electron chi connectivity index (χ4n) is 1.73. The lowest BCUT2D eigenvalue weighted by molar-refractivity contribution is -0.142. The lowest BCUT2D eigenvalue weighted by Gasteiger charge is -2.27. The van der Waals surface area contributed by atoms with E-state index in [-0.39, 0.29) is 11.3 Å². The van der Waals surface area contributed by atoms with Crippen LogP contribution in [0.2, 0.25) is 0 Å². The van der Waals surface area contributed by atoms with Gasteiger partial charge in [-0.3, -0.25) is 4.79 Å². The van der Waals surface area contributed by atoms with E-state index in [9.17, 15) is 14.7 Å². The molecule has 1 aromatic carbocycles. The lowest BCUT2D eigenvalue weighted by Crippen LogP contribution is -2.49. The van der Waals surface area contributed by atoms with E-state index in [1.165, 1.54) is 19.2 Å². The van der Waals surface area contributed by atoms with E-state index < -0.39 is 23.3 Å². The topological polar surface area (TPSA) is 102 Å². The quantitative estimate of drug-likeness (QED) is 0.725. The van der Waals surface area contributed by atoms with Gasteiger partial charge in [0.15, 0.2) is 0 Å². The Bertz CT molecular complexity index is 520. The summed E-state index contributed by atoms with van der Waals surface area (Å²) < 4.78 is 5.00. The molecule has 0 bridgehead atoms. The van der Waals surface area contributed by atoms with Crippen molar-refractivity contribution in [1.82, 2.24) is 5.32 Å². The second-order valence-corrected chi connectivity index (χ2v) is 5.56. The van der Waals surface area contributed by atoms with Crippen LogP contribution in [0.4, 0.5) is 5.69 Å². The van der Waals surface area contributed by atoms with Crippen LogP contribution in [-0.2, 0) is 4.79 Å². The molecule has 0 aliphatic heterocycles. The zero-order valence-electron chi connectivity index (χ0n) is 12.1. The number of nitrogens with one attached hydrogen (secondary N) is 1. The number of ether oxygens (including phenoxy) is 1. The van der Waals surface area contributed by atoms with Crippen molar-refractivity contribution in [2.45, 2.75) is 26.8 Å². The Hall–Kier alpha value is -2.24. The number of anilines is 1. The van der Waals surface area contributed by atoms with Crippen LogP contribution in [0.1, 0.15) is 31.1 Å². The first-order chi connectivity index (χ1) is 9.16. The number of carbonyl (C=O) groups is 2. The molecule has 0 fully saturated rings. The Balaban J connectivity index is 2.98. The Morgan fingerprint density at radius 3 is 2.35 bits per heavy atom. The molecule has 1 atom stereocenters. The molecule has 0 saturated carbocycles. The van der Waals surface area contributed by atoms with Gasteiger partial charge < -0.3 is 20.9 Å². The van der Waals surface area contributed by atoms with E-state index in [1.807, 2.05) is 0 Å². The predicted molar refractivity (Wildman–Crippen MR) is 75.8 cm³/mol. The van der Waals surface area contributed by atoms with Crippen molar-refractivity contribution >= 4 is 17.6 Å². The maximum atomic E-state index is 12.1. The van der Waals surface area contributed by atoms with Crippen LogP contribution in [-0.4, -0.2) is 30.1 Å². The second-order valence-electron chi connectivity index (χ2n) is 5.56. The van der Waals surface area contributed by atoms with Gasteiger partial charge in [0, 0.05) is 11.8 Å². The number of hydrogen-bond donors (Lipinski definition) is 3. The van der Waals surface area contributed by atoms with Crippen molar-refractivity contribution in [1.29, 1.82) is 0 Å². The van der Waals surface area contributed by atoms with Crippen molar-refractivity contribution in [2.24, 2.45) is 5.41 Å². The van der Waals surface area contributed by atoms with E-state index >= 15 is 0 Å². The van der Waals surface area contributed by atoms with Crippen LogP contribution < -0.4 is 15.8 Å². The van der Waals surface area contributed by atoms with Gasteiger partial charge in [-0.15, -0.1) is 0 Å². The zero-order valence-corrected chi connectivity index (χ0v) is 12.1. The summed E-state index contributed by atoms with van der Waals surface area (Å²) >= 11 is 0. The number of nitrogen functional groups attached to an aromatic ring is 1. The van der Waals surface area contributed by atoms with Gasteiger partial charge >= 0.3 is 5.97 Å². The van der Waals surface area contributed by atoms with Crippen molar-refractivity contribution in [3.8, 4) is 5.75 Å². The Morgan fingerprint density at radius 1 is 1.35 bits per heavy atom. The van der Waals surface area contributed by atoms with Crippen LogP contribution in [0.15, 0.2) is 18.2 Å². The number of rotatable bonds is 4. The number of benzene rings is 1. The monoisotopic (exact) mass is 280 g/mol. The zero-order chi connectivity index (χ0) is 15.5. The van der Waals surface area contributed by atoms with Crippen molar-refractivity contribution in [3.63, 3.8) is 0 Å². The van der Waals surface area contributed by atoms with Gasteiger partial charge in [0.1, 0.15) is 11.8 Å². The van der Waals surface area contributed by atoms with E-state index in [0.717, 1.165) is 0 Å². The smallest absolute Gasteiger partial charge is 0.326 e. The maximum absolute atomic E-state index is 12.1. The first kappa shape index (κ1) is 15.8. The van der Waals surface area contributed by atoms with E-state index in [1.54, 1.807) is 26.8 Å². The van der Waals surface area contributed by atoms with Crippen LogP contribution in [0.25, 0.3) is 0 Å². The average Bonchev–Trinajstić information content (AvgIpc) is 2.33. The predicted octanol–water partition coefficient (Wildman–Crippen LogP) is 1.51. The molecule has 1 rings (SSSR count). The highest BCUT2D eigenvalue weighted by atomic mass is 16.5. The Kier molecular flexibility index (Phi) is 4.60. The molecule has 0 saturated heterocycles. The molecule has 1 aromatic rings. The summed E-state index contributed by atoms with van der Waals surface area (Å²) in [5.74, 6) is -1.07. The molecule has 1 amide bonds. The Labute approximate surface area is 117 Å². The maximum Gasteiger partial charge on any atom is 0.326 e. The summed E-state index contributed by atoms with van der Waals surface area (Å²) in [6.45, 7) is 5.22. The summed E-state index contributed by atoms with van der Waals surface area (Å²) in [6.07, 6.45) is 0. The standard InChI is InChI=1S/C14H20N2O4/c1-14(2,3)11(13(18)19)16-12(17)9-6-5-8(20-4)7-10(9)15/h5-7,11H,15H2,1-4H3,(H,16,17)(H,18,19)/t11-/m1/s1. The van der Waals surface area contributed by atoms with Gasteiger partial charge in [0.05, 0.1) is 12.7 Å². The van der Waals surface area contributed by atoms with Gasteiger partial charge in [-0.2, -0.15) is 0 Å². The van der Waals surface area contributed by atoms with Crippen molar-refractivity contribution < 1.29 is 19.4 Å². The van der Waals surface area contributed by atoms with Gasteiger partial charge in [0.2, 0.25) is 0 Å². The molecule has 6 heteroatoms. The van der Waals surface area contributed by atoms with Crippen molar-refractivity contribution in [2.75, 3.05) is 12.8 Å². The van der Waals surface area contributed by atoms with Crippen LogP contribution in [0.3, 0.4) is 0 Å². The number of carboxylic acids is 1. The number of hydrogen-bond acceptors (Lipinski definition) is 4. The van der Waals surface area contributed by atoms with Gasteiger partial charge in [-0.25, -0.2) is 4.79 Å². The summed E-state index contributed by atoms with van der Waals surface area (Å²) in [7, 11) is 1.49. The van der Waals surface area contributed by atoms with Crippen LogP contribution in [0.5, 0.6) is 5.75 Å². The number of amides is 1. The fourth-order valence-corrected chi connectivity index (χ4v) is 1.73. The van der Waals surface area contributed by atoms with E-state index in [4.69, 9.17) is 10.5 Å². The van der Waals surface area contributed by atoms with Gasteiger partial charge in [0.25, 0.3) is 5.91 Å². The molecule has 0 aromatic heterocycles. The Morgan fingerprint density at radius 2 is 1.95 bits per heavy atom. The first-order valence-corrected chi connectivity index (χ1v) is 6.14. The fraction of sp³-hybridized carbons (Fsp3) is 0.429. The van der Waals surface area contributed by atoms with Crippen LogP contribution in [0, 0.1) is 5.41 Å². The lowest BCUT2D eigenvalue weighted by atomic mass is 9.86. The normalized spacial score (nSPS) is 12.6. The number of aliphatic carboxylic acids is 1. The highest BCUT2D eigenvalue weighted by Gasteiger charge is 2.33. The van der Waals surface area contributed by atoms with E-state index in [0.29, 0.717) is 5.75 Å². The molecule has 0 spiro atoms. The minimum Gasteiger partial charge on any atom is -0.497 e. The number of nitrogens with two attached hydrogens (primary N) is 1. The van der Waals surface area contributed by atoms with Gasteiger partial charge in [-0.1, -0.05) is 20.8 Å². The number of methoxy groups -OCH3 is 1. The van der Waals surface area contributed by atoms with Crippen molar-refractivity contribution in [3.05, 3.63) is 23.8 Å². The molecule has 110 valence electrons. The molecular formula is C14H20N2O4. The van der Waals surface area contributed by atoms with E-state index in [2.05, 4.69) is 5.32 Å². The molecule has 20 heavy (non-hydrogen) atoms. The highest BCUT2D eigenvalue weighted by Crippen LogP contribution is 2.22. The summed E-state index contributed by atoms with van der Waals surface area (Å²) in [6, 6.07) is 3.61. The molecule has 6 nitrogen and oxygen atoms in total. The first-order valence-electron chi connectivity index (χ1n) is 6.14. The number of carboxylic acid groups (broad SMARTS) is 1. The molecule has 0 unspecified atom stereocenters. The third-order valence-corrected chi connectivity index (χ3v) is 2.89. The summed E-state index contributed by atoms with van der Waals surface area (Å²) in [5, 5.41) is 11.7. The minimum absolute atomic E-state index is 0.223. The largest absolute Gasteiger partial charge is 0.497 e. The van der Waals surface area contributed by atoms with Crippen LogP contribution >= 0.6 is 0 Å². The average molecular weight is 280 g/mol. The number of carbonyl (C=O) groups excluding carboxylic acids is 1. The molecule has 0 aliphatic carbocycles. The molecule has 0 heterocycles. The second kappa shape index (κ2) is 5.81. The molecule has 0 aliphatic rings. The molecular weight excluding hydrogens is 260 g/mol. The molecule has 0 radical (unpaired) electrons. The third-order valence-electron chi connectivity index (χ3n) is 2.89. The third kappa shape index (κ3) is 3.63. The SMILES string of the molecule is COc1ccc(C(=O)N[C@H](C(=O)O)C(C)(C)C)c(N)c1.